The van der Waals surface area contributed by atoms with Gasteiger partial charge in [-0.05, 0) is 49.7 Å². The molecule has 2 heterocycles. The van der Waals surface area contributed by atoms with Crippen LogP contribution in [0.15, 0.2) is 9.82 Å². The van der Waals surface area contributed by atoms with Crippen molar-refractivity contribution in [3.8, 4) is 0 Å². The molecule has 120 valence electrons. The summed E-state index contributed by atoms with van der Waals surface area (Å²) in [6.45, 7) is 0. The van der Waals surface area contributed by atoms with Crippen LogP contribution in [0.4, 0.5) is 0 Å². The zero-order valence-corrected chi connectivity index (χ0v) is 14.4. The van der Waals surface area contributed by atoms with Crippen molar-refractivity contribution in [2.24, 2.45) is 0 Å². The normalized spacial score (nSPS) is 17.0. The Morgan fingerprint density at radius 3 is 2.78 bits per heavy atom. The summed E-state index contributed by atoms with van der Waals surface area (Å²) < 4.78 is 0. The maximum atomic E-state index is 12.2. The predicted octanol–water partition coefficient (Wildman–Crippen LogP) is 3.27. The van der Waals surface area contributed by atoms with E-state index < -0.39 is 0 Å². The molecule has 5 nitrogen and oxygen atoms in total. The van der Waals surface area contributed by atoms with E-state index in [-0.39, 0.29) is 5.56 Å². The largest absolute Gasteiger partial charge is 0.316 e. The van der Waals surface area contributed by atoms with Crippen molar-refractivity contribution < 1.29 is 0 Å². The second kappa shape index (κ2) is 6.20. The number of H-pyrrole nitrogens is 1. The fraction of sp³-hybridized carbons (Fsp3) is 0.500. The van der Waals surface area contributed by atoms with Gasteiger partial charge < -0.3 is 10.4 Å². The minimum Gasteiger partial charge on any atom is -0.316 e. The van der Waals surface area contributed by atoms with Crippen LogP contribution >= 0.6 is 23.1 Å². The van der Waals surface area contributed by atoms with Crippen LogP contribution in [0.1, 0.15) is 58.3 Å². The van der Waals surface area contributed by atoms with Crippen LogP contribution in [0.25, 0.3) is 0 Å². The van der Waals surface area contributed by atoms with E-state index in [1.54, 1.807) is 23.1 Å². The zero-order chi connectivity index (χ0) is 15.8. The molecule has 2 aliphatic rings. The summed E-state index contributed by atoms with van der Waals surface area (Å²) in [5, 5.41) is 19.2. The first kappa shape index (κ1) is 15.1. The molecule has 1 fully saturated rings. The van der Waals surface area contributed by atoms with E-state index in [1.165, 1.54) is 24.6 Å². The van der Waals surface area contributed by atoms with Gasteiger partial charge in [-0.1, -0.05) is 0 Å². The molecule has 0 radical (unpaired) electrons. The third-order valence-corrected chi connectivity index (χ3v) is 6.76. The Kier molecular flexibility index (Phi) is 4.07. The molecule has 0 aliphatic heterocycles. The van der Waals surface area contributed by atoms with E-state index in [0.29, 0.717) is 11.5 Å². The van der Waals surface area contributed by atoms with Crippen LogP contribution in [-0.2, 0) is 18.6 Å². The maximum absolute atomic E-state index is 12.2. The van der Waals surface area contributed by atoms with Gasteiger partial charge in [0.05, 0.1) is 16.3 Å². The van der Waals surface area contributed by atoms with Gasteiger partial charge in [-0.15, -0.1) is 33.3 Å². The number of nitrogens with one attached hydrogen (secondary N) is 2. The van der Waals surface area contributed by atoms with Gasteiger partial charge in [0.2, 0.25) is 0 Å². The van der Waals surface area contributed by atoms with Gasteiger partial charge in [-0.25, -0.2) is 0 Å². The number of hydrogen-bond donors (Lipinski definition) is 2. The molecule has 0 saturated heterocycles. The van der Waals surface area contributed by atoms with Crippen molar-refractivity contribution in [2.45, 2.75) is 55.2 Å². The van der Waals surface area contributed by atoms with Crippen LogP contribution in [-0.4, -0.2) is 21.4 Å². The highest BCUT2D eigenvalue weighted by Crippen LogP contribution is 2.42. The fourth-order valence-corrected chi connectivity index (χ4v) is 5.18. The molecule has 2 aromatic heterocycles. The van der Waals surface area contributed by atoms with Crippen LogP contribution < -0.4 is 5.56 Å². The summed E-state index contributed by atoms with van der Waals surface area (Å²) in [5.41, 5.74) is 2.70. The summed E-state index contributed by atoms with van der Waals surface area (Å²) in [5.74, 6) is 1.39. The first-order chi connectivity index (χ1) is 11.3. The molecule has 0 bridgehead atoms. The van der Waals surface area contributed by atoms with Crippen molar-refractivity contribution in [1.82, 2.24) is 15.2 Å². The number of nitrogens with zero attached hydrogens (tertiary/aromatic N) is 2. The zero-order valence-electron chi connectivity index (χ0n) is 12.7. The van der Waals surface area contributed by atoms with Crippen molar-refractivity contribution >= 4 is 29.3 Å². The Labute approximate surface area is 142 Å². The second-order valence-electron chi connectivity index (χ2n) is 6.10. The molecule has 0 atom stereocenters. The molecule has 7 heteroatoms. The second-order valence-corrected chi connectivity index (χ2v) is 8.18. The Hall–Kier alpha value is -1.47. The molecular weight excluding hydrogens is 328 g/mol. The number of rotatable bonds is 5. The van der Waals surface area contributed by atoms with Gasteiger partial charge >= 0.3 is 0 Å². The monoisotopic (exact) mass is 346 g/mol. The van der Waals surface area contributed by atoms with Crippen molar-refractivity contribution in [3.05, 3.63) is 37.1 Å². The molecule has 1 saturated carbocycles. The van der Waals surface area contributed by atoms with Gasteiger partial charge in [0.15, 0.2) is 0 Å². The summed E-state index contributed by atoms with van der Waals surface area (Å²) in [7, 11) is 0. The summed E-state index contributed by atoms with van der Waals surface area (Å²) >= 11 is 3.34. The van der Waals surface area contributed by atoms with Crippen LogP contribution in [0, 0.1) is 5.41 Å². The molecule has 0 unspecified atom stereocenters. The van der Waals surface area contributed by atoms with Gasteiger partial charge in [0.25, 0.3) is 5.56 Å². The van der Waals surface area contributed by atoms with E-state index >= 15 is 0 Å². The van der Waals surface area contributed by atoms with Gasteiger partial charge in [0.1, 0.15) is 10.0 Å². The smallest absolute Gasteiger partial charge is 0.257 e. The highest BCUT2D eigenvalue weighted by molar-refractivity contribution is 7.98. The number of fused-ring (bicyclic) bond motifs is 1. The average molecular weight is 346 g/mol. The van der Waals surface area contributed by atoms with Gasteiger partial charge in [-0.3, -0.25) is 4.79 Å². The maximum Gasteiger partial charge on any atom is 0.257 e. The summed E-state index contributed by atoms with van der Waals surface area (Å²) in [6, 6.07) is 0. The third kappa shape index (κ3) is 2.99. The van der Waals surface area contributed by atoms with Crippen LogP contribution in [0.5, 0.6) is 0 Å². The molecule has 23 heavy (non-hydrogen) atoms. The van der Waals surface area contributed by atoms with Crippen molar-refractivity contribution in [2.75, 3.05) is 0 Å². The lowest BCUT2D eigenvalue weighted by atomic mass is 9.90. The van der Waals surface area contributed by atoms with Gasteiger partial charge in [-0.2, -0.15) is 0 Å². The number of aromatic amines is 1. The Bertz CT molecular complexity index is 807. The molecule has 2 N–H and O–H groups in total. The Balaban J connectivity index is 1.59. The number of pyridine rings is 1. The first-order valence-corrected chi connectivity index (χ1v) is 9.80. The lowest BCUT2D eigenvalue weighted by Gasteiger charge is -2.20. The Morgan fingerprint density at radius 1 is 1.26 bits per heavy atom. The number of thioether (sulfide) groups is 1. The summed E-state index contributed by atoms with van der Waals surface area (Å²) in [6.07, 6.45) is 7.82. The average Bonchev–Trinajstić information content (AvgIpc) is 3.31. The van der Waals surface area contributed by atoms with E-state index in [4.69, 9.17) is 5.41 Å². The number of hydrogen-bond acceptors (Lipinski definition) is 6. The van der Waals surface area contributed by atoms with E-state index in [0.717, 1.165) is 52.0 Å². The fourth-order valence-electron chi connectivity index (χ4n) is 3.07. The minimum atomic E-state index is -0.140. The van der Waals surface area contributed by atoms with E-state index in [2.05, 4.69) is 15.2 Å². The molecule has 0 aromatic carbocycles. The van der Waals surface area contributed by atoms with E-state index in [9.17, 15) is 4.79 Å². The van der Waals surface area contributed by atoms with Crippen molar-refractivity contribution in [3.63, 3.8) is 0 Å². The first-order valence-electron chi connectivity index (χ1n) is 8.00. The van der Waals surface area contributed by atoms with Crippen molar-refractivity contribution in [1.29, 1.82) is 5.41 Å². The molecule has 2 aromatic rings. The van der Waals surface area contributed by atoms with Crippen LogP contribution in [0.3, 0.4) is 0 Å². The Morgan fingerprint density at radius 2 is 2.04 bits per heavy atom. The molecule has 0 spiro atoms. The highest BCUT2D eigenvalue weighted by atomic mass is 32.2. The van der Waals surface area contributed by atoms with Gasteiger partial charge in [0, 0.05) is 12.1 Å². The number of aromatic nitrogens is 3. The van der Waals surface area contributed by atoms with E-state index in [1.807, 2.05) is 0 Å². The lowest BCUT2D eigenvalue weighted by Crippen LogP contribution is -2.21. The molecular formula is C16H18N4OS2. The SMILES string of the molecule is N=Cc1c2c(c(SCc3nnc(C4CC4)s3)[nH]c1=O)CCCC2. The summed E-state index contributed by atoms with van der Waals surface area (Å²) in [4.78, 5) is 15.2. The quantitative estimate of drug-likeness (QED) is 0.643. The highest BCUT2D eigenvalue weighted by Gasteiger charge is 2.27. The predicted molar refractivity (Wildman–Crippen MR) is 93.0 cm³/mol. The lowest BCUT2D eigenvalue weighted by molar-refractivity contribution is 0.664. The molecule has 4 rings (SSSR count). The molecule has 2 aliphatic carbocycles. The minimum absolute atomic E-state index is 0.140. The molecule has 0 amide bonds. The standard InChI is InChI=1S/C16H18N4OS2/c17-7-12-10-3-1-2-4-11(10)16(18-14(12)21)22-8-13-19-20-15(23-13)9-5-6-9/h7,9,17H,1-6,8H2,(H,18,21). The van der Waals surface area contributed by atoms with Crippen LogP contribution in [0.2, 0.25) is 0 Å². The third-order valence-electron chi connectivity index (χ3n) is 4.43. The topological polar surface area (TPSA) is 82.5 Å².